The van der Waals surface area contributed by atoms with Crippen molar-refractivity contribution in [3.05, 3.63) is 34.9 Å². The van der Waals surface area contributed by atoms with Crippen molar-refractivity contribution in [1.82, 2.24) is 0 Å². The molecule has 1 aromatic carbocycles. The summed E-state index contributed by atoms with van der Waals surface area (Å²) in [5, 5.41) is 9.18. The van der Waals surface area contributed by atoms with Crippen molar-refractivity contribution in [3.8, 4) is 0 Å². The number of carbonyl (C=O) groups is 1. The lowest BCUT2D eigenvalue weighted by Gasteiger charge is -2.28. The van der Waals surface area contributed by atoms with Gasteiger partial charge in [-0.1, -0.05) is 17.7 Å². The highest BCUT2D eigenvalue weighted by molar-refractivity contribution is 6.32. The highest BCUT2D eigenvalue weighted by Crippen LogP contribution is 2.25. The average molecular weight is 310 g/mol. The van der Waals surface area contributed by atoms with Gasteiger partial charge in [0.05, 0.1) is 6.10 Å². The maximum Gasteiger partial charge on any atom is 0.328 e. The van der Waals surface area contributed by atoms with Crippen LogP contribution in [0.25, 0.3) is 6.08 Å². The summed E-state index contributed by atoms with van der Waals surface area (Å²) in [6.07, 6.45) is 6.32. The van der Waals surface area contributed by atoms with Gasteiger partial charge in [0.15, 0.2) is 0 Å². The predicted octanol–water partition coefficient (Wildman–Crippen LogP) is 3.44. The van der Waals surface area contributed by atoms with Crippen molar-refractivity contribution in [2.75, 3.05) is 25.1 Å². The van der Waals surface area contributed by atoms with Gasteiger partial charge in [-0.15, -0.1) is 0 Å². The lowest BCUT2D eigenvalue weighted by molar-refractivity contribution is -0.131. The van der Waals surface area contributed by atoms with Crippen LogP contribution in [0.3, 0.4) is 0 Å². The van der Waals surface area contributed by atoms with Crippen LogP contribution in [0.1, 0.15) is 24.8 Å². The lowest BCUT2D eigenvalue weighted by Crippen LogP contribution is -2.33. The van der Waals surface area contributed by atoms with E-state index in [1.165, 1.54) is 12.5 Å². The molecule has 0 spiro atoms. The molecule has 1 unspecified atom stereocenters. The van der Waals surface area contributed by atoms with Crippen molar-refractivity contribution in [2.45, 2.75) is 25.4 Å². The monoisotopic (exact) mass is 309 g/mol. The molecule has 0 aromatic heterocycles. The molecule has 114 valence electrons. The molecule has 1 atom stereocenters. The van der Waals surface area contributed by atoms with Crippen LogP contribution in [0.4, 0.5) is 5.69 Å². The second-order valence-electron chi connectivity index (χ2n) is 5.25. The zero-order valence-corrected chi connectivity index (χ0v) is 12.8. The van der Waals surface area contributed by atoms with Gasteiger partial charge in [-0.25, -0.2) is 4.79 Å². The minimum atomic E-state index is -0.985. The largest absolute Gasteiger partial charge is 0.478 e. The zero-order chi connectivity index (χ0) is 15.2. The van der Waals surface area contributed by atoms with E-state index >= 15 is 0 Å². The van der Waals surface area contributed by atoms with Crippen LogP contribution in [-0.4, -0.2) is 37.4 Å². The predicted molar refractivity (Wildman–Crippen MR) is 85.0 cm³/mol. The number of carboxylic acid groups (broad SMARTS) is 1. The number of ether oxygens (including phenoxy) is 1. The summed E-state index contributed by atoms with van der Waals surface area (Å²) in [5.74, 6) is -0.985. The highest BCUT2D eigenvalue weighted by Gasteiger charge is 2.16. The summed E-state index contributed by atoms with van der Waals surface area (Å²) in [4.78, 5) is 12.6. The molecule has 5 heteroatoms. The van der Waals surface area contributed by atoms with Crippen molar-refractivity contribution in [3.63, 3.8) is 0 Å². The fourth-order valence-corrected chi connectivity index (χ4v) is 2.65. The number of aliphatic carboxylic acids is 1. The van der Waals surface area contributed by atoms with Crippen LogP contribution < -0.4 is 4.90 Å². The molecule has 1 heterocycles. The van der Waals surface area contributed by atoms with E-state index < -0.39 is 5.97 Å². The number of hydrogen-bond donors (Lipinski definition) is 1. The molecule has 2 rings (SSSR count). The maximum atomic E-state index is 10.5. The van der Waals surface area contributed by atoms with Crippen molar-refractivity contribution in [2.24, 2.45) is 0 Å². The number of carboxylic acids is 1. The molecule has 0 radical (unpaired) electrons. The van der Waals surface area contributed by atoms with E-state index in [2.05, 4.69) is 4.90 Å². The first-order chi connectivity index (χ1) is 10.1. The molecule has 0 aliphatic carbocycles. The second kappa shape index (κ2) is 7.48. The van der Waals surface area contributed by atoms with Gasteiger partial charge in [-0.05, 0) is 43.0 Å². The molecule has 0 saturated carbocycles. The first kappa shape index (κ1) is 15.9. The Hall–Kier alpha value is -1.52. The number of rotatable bonds is 5. The smallest absolute Gasteiger partial charge is 0.328 e. The van der Waals surface area contributed by atoms with Gasteiger partial charge >= 0.3 is 5.97 Å². The number of nitrogens with zero attached hydrogens (tertiary/aromatic N) is 1. The number of halogens is 1. The Morgan fingerprint density at radius 3 is 2.95 bits per heavy atom. The van der Waals surface area contributed by atoms with Crippen LogP contribution in [0.5, 0.6) is 0 Å². The first-order valence-corrected chi connectivity index (χ1v) is 7.47. The Kier molecular flexibility index (Phi) is 5.65. The SMILES string of the molecule is CN(CC1CCCCO1)c1ccc(/C=C/C(=O)O)c(Cl)c1. The third kappa shape index (κ3) is 4.76. The Morgan fingerprint density at radius 1 is 1.52 bits per heavy atom. The summed E-state index contributed by atoms with van der Waals surface area (Å²) in [5.41, 5.74) is 1.70. The van der Waals surface area contributed by atoms with E-state index in [0.29, 0.717) is 10.6 Å². The molecule has 1 aliphatic rings. The topological polar surface area (TPSA) is 49.8 Å². The van der Waals surface area contributed by atoms with E-state index in [1.807, 2.05) is 25.2 Å². The highest BCUT2D eigenvalue weighted by atomic mass is 35.5. The molecule has 1 aromatic rings. The number of likely N-dealkylation sites (N-methyl/N-ethyl adjacent to an activating group) is 1. The normalized spacial score (nSPS) is 18.9. The van der Waals surface area contributed by atoms with E-state index in [9.17, 15) is 4.79 Å². The summed E-state index contributed by atoms with van der Waals surface area (Å²) in [7, 11) is 2.01. The van der Waals surface area contributed by atoms with E-state index in [0.717, 1.165) is 37.8 Å². The molecular formula is C16H20ClNO3. The van der Waals surface area contributed by atoms with Gasteiger partial charge < -0.3 is 14.7 Å². The number of anilines is 1. The average Bonchev–Trinajstić information content (AvgIpc) is 2.46. The lowest BCUT2D eigenvalue weighted by atomic mass is 10.1. The molecule has 1 aliphatic heterocycles. The fraction of sp³-hybridized carbons (Fsp3) is 0.438. The Morgan fingerprint density at radius 2 is 2.33 bits per heavy atom. The third-order valence-corrected chi connectivity index (χ3v) is 3.91. The fourth-order valence-electron chi connectivity index (χ4n) is 2.41. The van der Waals surface area contributed by atoms with Gasteiger partial charge in [0.2, 0.25) is 0 Å². The van der Waals surface area contributed by atoms with Gasteiger partial charge in [0.1, 0.15) is 0 Å². The minimum absolute atomic E-state index is 0.272. The van der Waals surface area contributed by atoms with E-state index in [1.54, 1.807) is 0 Å². The molecular weight excluding hydrogens is 290 g/mol. The summed E-state index contributed by atoms with van der Waals surface area (Å²) in [6.45, 7) is 1.68. The van der Waals surface area contributed by atoms with Crippen LogP contribution >= 0.6 is 11.6 Å². The third-order valence-electron chi connectivity index (χ3n) is 3.58. The molecule has 1 saturated heterocycles. The Bertz CT molecular complexity index is 524. The first-order valence-electron chi connectivity index (χ1n) is 7.09. The van der Waals surface area contributed by atoms with Crippen molar-refractivity contribution >= 4 is 29.3 Å². The molecule has 0 bridgehead atoms. The molecule has 4 nitrogen and oxygen atoms in total. The second-order valence-corrected chi connectivity index (χ2v) is 5.65. The molecule has 1 N–H and O–H groups in total. The summed E-state index contributed by atoms with van der Waals surface area (Å²) >= 11 is 6.20. The van der Waals surface area contributed by atoms with Crippen LogP contribution in [0, 0.1) is 0 Å². The summed E-state index contributed by atoms with van der Waals surface area (Å²) < 4.78 is 5.74. The van der Waals surface area contributed by atoms with E-state index in [4.69, 9.17) is 21.4 Å². The standard InChI is InChI=1S/C16H20ClNO3/c1-18(11-14-4-2-3-9-21-14)13-7-5-12(15(17)10-13)6-8-16(19)20/h5-8,10,14H,2-4,9,11H2,1H3,(H,19,20)/b8-6+. The Labute approximate surface area is 130 Å². The van der Waals surface area contributed by atoms with Crippen molar-refractivity contribution in [1.29, 1.82) is 0 Å². The summed E-state index contributed by atoms with van der Waals surface area (Å²) in [6, 6.07) is 5.62. The van der Waals surface area contributed by atoms with Gasteiger partial charge in [-0.3, -0.25) is 0 Å². The molecule has 1 fully saturated rings. The quantitative estimate of drug-likeness (QED) is 0.846. The number of benzene rings is 1. The van der Waals surface area contributed by atoms with Crippen LogP contribution in [0.2, 0.25) is 5.02 Å². The maximum absolute atomic E-state index is 10.5. The van der Waals surface area contributed by atoms with Crippen molar-refractivity contribution < 1.29 is 14.6 Å². The minimum Gasteiger partial charge on any atom is -0.478 e. The van der Waals surface area contributed by atoms with Gasteiger partial charge in [-0.2, -0.15) is 0 Å². The molecule has 21 heavy (non-hydrogen) atoms. The number of hydrogen-bond acceptors (Lipinski definition) is 3. The van der Waals surface area contributed by atoms with Crippen LogP contribution in [0.15, 0.2) is 24.3 Å². The van der Waals surface area contributed by atoms with Gasteiger partial charge in [0, 0.05) is 37.0 Å². The molecule has 0 amide bonds. The van der Waals surface area contributed by atoms with Gasteiger partial charge in [0.25, 0.3) is 0 Å². The zero-order valence-electron chi connectivity index (χ0n) is 12.1. The van der Waals surface area contributed by atoms with E-state index in [-0.39, 0.29) is 6.10 Å². The van der Waals surface area contributed by atoms with Crippen LogP contribution in [-0.2, 0) is 9.53 Å². The Balaban J connectivity index is 2.02.